The fourth-order valence-electron chi connectivity index (χ4n) is 3.78. The van der Waals surface area contributed by atoms with Crippen LogP contribution in [0.2, 0.25) is 0 Å². The van der Waals surface area contributed by atoms with Gasteiger partial charge >= 0.3 is 0 Å². The fourth-order valence-corrected chi connectivity index (χ4v) is 4.94. The van der Waals surface area contributed by atoms with Crippen LogP contribution in [0.4, 0.5) is 5.69 Å². The quantitative estimate of drug-likeness (QED) is 0.607. The first-order valence-corrected chi connectivity index (χ1v) is 10.3. The molecular formula is C23H23NO5S. The van der Waals surface area contributed by atoms with Crippen molar-refractivity contribution >= 4 is 22.9 Å². The highest BCUT2D eigenvalue weighted by atomic mass is 32.1. The van der Waals surface area contributed by atoms with Crippen LogP contribution in [-0.4, -0.2) is 34.3 Å². The average molecular weight is 426 g/mol. The molecule has 7 heteroatoms. The molecule has 0 saturated carbocycles. The Labute approximate surface area is 179 Å². The molecule has 2 heterocycles. The van der Waals surface area contributed by atoms with Crippen molar-refractivity contribution < 1.29 is 23.7 Å². The number of carbonyl (C=O) groups excluding carboxylic acids is 1. The van der Waals surface area contributed by atoms with Gasteiger partial charge in [-0.25, -0.2) is 0 Å². The van der Waals surface area contributed by atoms with Crippen molar-refractivity contribution in [1.82, 2.24) is 0 Å². The van der Waals surface area contributed by atoms with Crippen molar-refractivity contribution in [3.63, 3.8) is 0 Å². The minimum absolute atomic E-state index is 0.0191. The molecule has 0 spiro atoms. The van der Waals surface area contributed by atoms with E-state index in [4.69, 9.17) is 18.9 Å². The zero-order valence-electron chi connectivity index (χ0n) is 17.3. The molecule has 0 aliphatic carbocycles. The third-order valence-corrected chi connectivity index (χ3v) is 6.38. The Hall–Kier alpha value is -3.19. The minimum Gasteiger partial charge on any atom is -0.497 e. The number of anilines is 1. The van der Waals surface area contributed by atoms with E-state index in [1.165, 1.54) is 0 Å². The van der Waals surface area contributed by atoms with Crippen molar-refractivity contribution in [3.05, 3.63) is 52.2 Å². The lowest BCUT2D eigenvalue weighted by Gasteiger charge is -2.25. The zero-order chi connectivity index (χ0) is 21.3. The van der Waals surface area contributed by atoms with E-state index in [9.17, 15) is 4.79 Å². The Morgan fingerprint density at radius 2 is 1.60 bits per heavy atom. The van der Waals surface area contributed by atoms with Crippen LogP contribution < -0.4 is 24.3 Å². The molecule has 0 saturated heterocycles. The number of hydrogen-bond acceptors (Lipinski definition) is 6. The average Bonchev–Trinajstić information content (AvgIpc) is 3.21. The SMILES string of the molecule is COc1ccc(-c2csc3c2NC(=O)C[C@H]3c2cc(OC)c(OC)c(OC)c2)cc1. The van der Waals surface area contributed by atoms with Gasteiger partial charge in [-0.3, -0.25) is 4.79 Å². The molecule has 0 bridgehead atoms. The van der Waals surface area contributed by atoms with Crippen LogP contribution >= 0.6 is 11.3 Å². The second kappa shape index (κ2) is 8.28. The predicted molar refractivity (Wildman–Crippen MR) is 117 cm³/mol. The highest BCUT2D eigenvalue weighted by Crippen LogP contribution is 2.49. The van der Waals surface area contributed by atoms with Crippen LogP contribution in [-0.2, 0) is 4.79 Å². The van der Waals surface area contributed by atoms with Gasteiger partial charge in [-0.05, 0) is 35.4 Å². The van der Waals surface area contributed by atoms with E-state index >= 15 is 0 Å². The van der Waals surface area contributed by atoms with Gasteiger partial charge in [-0.1, -0.05) is 12.1 Å². The van der Waals surface area contributed by atoms with E-state index in [1.54, 1.807) is 39.8 Å². The van der Waals surface area contributed by atoms with Crippen molar-refractivity contribution in [3.8, 4) is 34.1 Å². The van der Waals surface area contributed by atoms with Crippen molar-refractivity contribution in [1.29, 1.82) is 0 Å². The summed E-state index contributed by atoms with van der Waals surface area (Å²) in [6.45, 7) is 0. The van der Waals surface area contributed by atoms with Gasteiger partial charge in [0, 0.05) is 28.2 Å². The molecule has 1 aromatic heterocycles. The van der Waals surface area contributed by atoms with E-state index in [2.05, 4.69) is 10.7 Å². The number of thiophene rings is 1. The Morgan fingerprint density at radius 1 is 0.933 bits per heavy atom. The number of carbonyl (C=O) groups is 1. The summed E-state index contributed by atoms with van der Waals surface area (Å²) in [6, 6.07) is 11.7. The summed E-state index contributed by atoms with van der Waals surface area (Å²) in [5, 5.41) is 5.15. The molecular weight excluding hydrogens is 402 g/mol. The molecule has 4 rings (SSSR count). The van der Waals surface area contributed by atoms with Gasteiger partial charge in [0.05, 0.1) is 34.1 Å². The van der Waals surface area contributed by atoms with Crippen LogP contribution in [0.15, 0.2) is 41.8 Å². The molecule has 1 N–H and O–H groups in total. The second-order valence-corrected chi connectivity index (χ2v) is 7.79. The smallest absolute Gasteiger partial charge is 0.225 e. The molecule has 0 unspecified atom stereocenters. The van der Waals surface area contributed by atoms with Crippen LogP contribution in [0.5, 0.6) is 23.0 Å². The third kappa shape index (κ3) is 3.45. The molecule has 3 aromatic rings. The summed E-state index contributed by atoms with van der Waals surface area (Å²) < 4.78 is 21.7. The monoisotopic (exact) mass is 425 g/mol. The summed E-state index contributed by atoms with van der Waals surface area (Å²) in [4.78, 5) is 13.7. The Balaban J connectivity index is 1.80. The number of benzene rings is 2. The normalized spacial score (nSPS) is 15.2. The summed E-state index contributed by atoms with van der Waals surface area (Å²) in [5.41, 5.74) is 3.84. The first-order valence-electron chi connectivity index (χ1n) is 9.45. The lowest BCUT2D eigenvalue weighted by Crippen LogP contribution is -2.22. The zero-order valence-corrected chi connectivity index (χ0v) is 18.1. The van der Waals surface area contributed by atoms with Crippen molar-refractivity contribution in [2.24, 2.45) is 0 Å². The third-order valence-electron chi connectivity index (χ3n) is 5.28. The summed E-state index contributed by atoms with van der Waals surface area (Å²) in [5.74, 6) is 2.36. The van der Waals surface area contributed by atoms with Crippen LogP contribution in [0, 0.1) is 0 Å². The van der Waals surface area contributed by atoms with Crippen molar-refractivity contribution in [2.75, 3.05) is 33.8 Å². The lowest BCUT2D eigenvalue weighted by molar-refractivity contribution is -0.116. The van der Waals surface area contributed by atoms with Gasteiger partial charge in [0.15, 0.2) is 11.5 Å². The van der Waals surface area contributed by atoms with Gasteiger partial charge in [-0.15, -0.1) is 11.3 Å². The lowest BCUT2D eigenvalue weighted by atomic mass is 9.88. The first kappa shape index (κ1) is 20.1. The number of rotatable bonds is 6. The maximum Gasteiger partial charge on any atom is 0.225 e. The Kier molecular flexibility index (Phi) is 5.55. The highest BCUT2D eigenvalue weighted by Gasteiger charge is 2.32. The van der Waals surface area contributed by atoms with Gasteiger partial charge < -0.3 is 24.3 Å². The maximum absolute atomic E-state index is 12.6. The largest absolute Gasteiger partial charge is 0.497 e. The molecule has 1 amide bonds. The number of methoxy groups -OCH3 is 4. The molecule has 1 aliphatic heterocycles. The standard InChI is InChI=1S/C23H23NO5S/c1-26-15-7-5-13(6-8-15)17-12-30-23-16(11-20(25)24-21(17)23)14-9-18(27-2)22(29-4)19(10-14)28-3/h5-10,12,16H,11H2,1-4H3,(H,24,25)/t16-/m0/s1. The van der Waals surface area contributed by atoms with Crippen molar-refractivity contribution in [2.45, 2.75) is 12.3 Å². The molecule has 0 radical (unpaired) electrons. The maximum atomic E-state index is 12.6. The predicted octanol–water partition coefficient (Wildman–Crippen LogP) is 4.92. The van der Waals surface area contributed by atoms with E-state index in [-0.39, 0.29) is 11.8 Å². The number of hydrogen-bond donors (Lipinski definition) is 1. The molecule has 156 valence electrons. The van der Waals surface area contributed by atoms with E-state index in [1.807, 2.05) is 36.4 Å². The second-order valence-electron chi connectivity index (χ2n) is 6.88. The van der Waals surface area contributed by atoms with Crippen LogP contribution in [0.3, 0.4) is 0 Å². The topological polar surface area (TPSA) is 66.0 Å². The number of nitrogens with one attached hydrogen (secondary N) is 1. The summed E-state index contributed by atoms with van der Waals surface area (Å²) >= 11 is 1.64. The van der Waals surface area contributed by atoms with Gasteiger partial charge in [0.25, 0.3) is 0 Å². The molecule has 1 aliphatic rings. The number of amides is 1. The van der Waals surface area contributed by atoms with Gasteiger partial charge in [0.2, 0.25) is 11.7 Å². The fraction of sp³-hybridized carbons (Fsp3) is 0.261. The first-order chi connectivity index (χ1) is 14.6. The highest BCUT2D eigenvalue weighted by molar-refractivity contribution is 7.11. The molecule has 6 nitrogen and oxygen atoms in total. The Morgan fingerprint density at radius 3 is 2.17 bits per heavy atom. The van der Waals surface area contributed by atoms with E-state index < -0.39 is 0 Å². The minimum atomic E-state index is -0.0977. The number of ether oxygens (including phenoxy) is 4. The van der Waals surface area contributed by atoms with E-state index in [0.717, 1.165) is 33.0 Å². The molecule has 0 fully saturated rings. The summed E-state index contributed by atoms with van der Waals surface area (Å²) in [6.07, 6.45) is 0.355. The molecule has 2 aromatic carbocycles. The van der Waals surface area contributed by atoms with Crippen LogP contribution in [0.25, 0.3) is 11.1 Å². The number of fused-ring (bicyclic) bond motifs is 1. The van der Waals surface area contributed by atoms with Gasteiger partial charge in [-0.2, -0.15) is 0 Å². The van der Waals surface area contributed by atoms with Crippen LogP contribution in [0.1, 0.15) is 22.8 Å². The van der Waals surface area contributed by atoms with Gasteiger partial charge in [0.1, 0.15) is 5.75 Å². The molecule has 1 atom stereocenters. The summed E-state index contributed by atoms with van der Waals surface area (Å²) in [7, 11) is 6.40. The Bertz CT molecular complexity index is 1050. The van der Waals surface area contributed by atoms with E-state index in [0.29, 0.717) is 23.7 Å². The molecule has 30 heavy (non-hydrogen) atoms.